The number of imidazole rings is 1. The lowest BCUT2D eigenvalue weighted by Crippen LogP contribution is -2.25. The molecule has 0 saturated carbocycles. The van der Waals surface area contributed by atoms with Gasteiger partial charge in [-0.05, 0) is 45.2 Å². The fourth-order valence-electron chi connectivity index (χ4n) is 3.68. The van der Waals surface area contributed by atoms with Crippen LogP contribution in [0.25, 0.3) is 0 Å². The number of aromatic nitrogens is 4. The number of rotatable bonds is 4. The quantitative estimate of drug-likeness (QED) is 0.939. The summed E-state index contributed by atoms with van der Waals surface area (Å²) in [6.07, 6.45) is 8.70. The van der Waals surface area contributed by atoms with E-state index in [9.17, 15) is 0 Å². The molecule has 2 aromatic rings. The van der Waals surface area contributed by atoms with Gasteiger partial charge in [0.1, 0.15) is 5.82 Å². The smallest absolute Gasteiger partial charge is 0.225 e. The van der Waals surface area contributed by atoms with E-state index >= 15 is 0 Å². The van der Waals surface area contributed by atoms with E-state index in [2.05, 4.69) is 31.7 Å². The molecule has 6 heteroatoms. The molecule has 0 spiro atoms. The first-order chi connectivity index (χ1) is 11.3. The van der Waals surface area contributed by atoms with E-state index in [0.29, 0.717) is 6.04 Å². The highest BCUT2D eigenvalue weighted by atomic mass is 15.3. The first-order valence-corrected chi connectivity index (χ1v) is 8.62. The molecule has 2 saturated heterocycles. The Hall–Kier alpha value is -1.95. The van der Waals surface area contributed by atoms with Gasteiger partial charge in [-0.1, -0.05) is 0 Å². The van der Waals surface area contributed by atoms with Gasteiger partial charge < -0.3 is 9.88 Å². The third kappa shape index (κ3) is 3.08. The number of hydrogen-bond acceptors (Lipinski definition) is 5. The number of nitrogens with zero attached hydrogens (tertiary/aromatic N) is 5. The number of nitrogens with one attached hydrogen (secondary N) is 1. The molecule has 4 rings (SSSR count). The van der Waals surface area contributed by atoms with Gasteiger partial charge in [0, 0.05) is 37.7 Å². The van der Waals surface area contributed by atoms with E-state index in [1.807, 2.05) is 18.5 Å². The third-order valence-corrected chi connectivity index (χ3v) is 4.86. The minimum Gasteiger partial charge on any atom is -0.345 e. The summed E-state index contributed by atoms with van der Waals surface area (Å²) >= 11 is 0. The Bertz CT molecular complexity index is 661. The van der Waals surface area contributed by atoms with Crippen LogP contribution in [0.1, 0.15) is 48.9 Å². The van der Waals surface area contributed by atoms with Gasteiger partial charge in [-0.25, -0.2) is 15.0 Å². The molecule has 122 valence electrons. The molecule has 0 unspecified atom stereocenters. The maximum atomic E-state index is 4.79. The molecule has 0 aromatic carbocycles. The topological polar surface area (TPSA) is 60.9 Å². The van der Waals surface area contributed by atoms with Crippen molar-refractivity contribution in [3.05, 3.63) is 35.7 Å². The van der Waals surface area contributed by atoms with Crippen LogP contribution >= 0.6 is 0 Å². The van der Waals surface area contributed by atoms with Crippen LogP contribution in [0.4, 0.5) is 5.95 Å². The van der Waals surface area contributed by atoms with Crippen LogP contribution in [0.15, 0.2) is 18.5 Å². The lowest BCUT2D eigenvalue weighted by atomic mass is 10.2. The molecule has 1 N–H and O–H groups in total. The van der Waals surface area contributed by atoms with Gasteiger partial charge in [-0.15, -0.1) is 0 Å². The van der Waals surface area contributed by atoms with Crippen molar-refractivity contribution in [2.45, 2.75) is 45.2 Å². The van der Waals surface area contributed by atoms with Crippen molar-refractivity contribution in [1.82, 2.24) is 24.8 Å². The Balaban J connectivity index is 1.49. The van der Waals surface area contributed by atoms with E-state index < -0.39 is 0 Å². The Morgan fingerprint density at radius 3 is 2.83 bits per heavy atom. The Labute approximate surface area is 137 Å². The van der Waals surface area contributed by atoms with Crippen molar-refractivity contribution in [2.75, 3.05) is 24.5 Å². The fourth-order valence-corrected chi connectivity index (χ4v) is 3.68. The van der Waals surface area contributed by atoms with Crippen LogP contribution in [0.3, 0.4) is 0 Å². The van der Waals surface area contributed by atoms with E-state index in [-0.39, 0.29) is 0 Å². The van der Waals surface area contributed by atoms with Crippen molar-refractivity contribution in [1.29, 1.82) is 0 Å². The lowest BCUT2D eigenvalue weighted by Gasteiger charge is -2.23. The second kappa shape index (κ2) is 6.28. The minimum atomic E-state index is 0.383. The van der Waals surface area contributed by atoms with E-state index in [1.54, 1.807) is 0 Å². The van der Waals surface area contributed by atoms with Crippen LogP contribution in [-0.4, -0.2) is 44.5 Å². The van der Waals surface area contributed by atoms with Gasteiger partial charge >= 0.3 is 0 Å². The molecular weight excluding hydrogens is 288 g/mol. The van der Waals surface area contributed by atoms with E-state index in [0.717, 1.165) is 55.8 Å². The second-order valence-electron chi connectivity index (χ2n) is 6.62. The second-order valence-corrected chi connectivity index (χ2v) is 6.62. The number of hydrogen-bond donors (Lipinski definition) is 1. The average Bonchev–Trinajstić information content (AvgIpc) is 3.28. The van der Waals surface area contributed by atoms with Gasteiger partial charge in [-0.2, -0.15) is 0 Å². The summed E-state index contributed by atoms with van der Waals surface area (Å²) in [6.45, 7) is 6.20. The molecule has 0 radical (unpaired) electrons. The highest BCUT2D eigenvalue weighted by Gasteiger charge is 2.28. The van der Waals surface area contributed by atoms with Gasteiger partial charge in [-0.3, -0.25) is 4.90 Å². The summed E-state index contributed by atoms with van der Waals surface area (Å²) < 4.78 is 0. The van der Waals surface area contributed by atoms with E-state index in [1.165, 1.54) is 19.3 Å². The number of H-pyrrole nitrogens is 1. The zero-order valence-electron chi connectivity index (χ0n) is 13.7. The normalized spacial score (nSPS) is 22.1. The Kier molecular flexibility index (Phi) is 3.99. The van der Waals surface area contributed by atoms with Crippen LogP contribution < -0.4 is 4.90 Å². The van der Waals surface area contributed by atoms with Crippen LogP contribution in [-0.2, 0) is 6.54 Å². The molecule has 0 bridgehead atoms. The molecular formula is C17H24N6. The predicted octanol–water partition coefficient (Wildman–Crippen LogP) is 2.45. The van der Waals surface area contributed by atoms with Crippen molar-refractivity contribution in [3.63, 3.8) is 0 Å². The maximum Gasteiger partial charge on any atom is 0.225 e. The molecule has 0 amide bonds. The Morgan fingerprint density at radius 2 is 2.04 bits per heavy atom. The molecule has 4 heterocycles. The molecule has 2 fully saturated rings. The molecule has 1 atom stereocenters. The number of aryl methyl sites for hydroxylation is 1. The number of likely N-dealkylation sites (tertiary alicyclic amines) is 1. The summed E-state index contributed by atoms with van der Waals surface area (Å²) in [5.74, 6) is 1.98. The van der Waals surface area contributed by atoms with Crippen molar-refractivity contribution < 1.29 is 0 Å². The highest BCUT2D eigenvalue weighted by Crippen LogP contribution is 2.31. The number of aromatic amines is 1. The molecule has 2 aromatic heterocycles. The molecule has 6 nitrogen and oxygen atoms in total. The summed E-state index contributed by atoms with van der Waals surface area (Å²) in [6, 6.07) is 2.43. The fraction of sp³-hybridized carbons (Fsp3) is 0.588. The van der Waals surface area contributed by atoms with Crippen molar-refractivity contribution in [2.24, 2.45) is 0 Å². The average molecular weight is 312 g/mol. The van der Waals surface area contributed by atoms with Crippen LogP contribution in [0, 0.1) is 6.92 Å². The molecule has 23 heavy (non-hydrogen) atoms. The Morgan fingerprint density at radius 1 is 1.17 bits per heavy atom. The maximum absolute atomic E-state index is 4.79. The van der Waals surface area contributed by atoms with Gasteiger partial charge in [0.05, 0.1) is 11.7 Å². The molecule has 2 aliphatic rings. The summed E-state index contributed by atoms with van der Waals surface area (Å²) in [4.78, 5) is 21.9. The summed E-state index contributed by atoms with van der Waals surface area (Å²) in [5, 5.41) is 0. The van der Waals surface area contributed by atoms with Gasteiger partial charge in [0.25, 0.3) is 0 Å². The highest BCUT2D eigenvalue weighted by molar-refractivity contribution is 5.31. The largest absolute Gasteiger partial charge is 0.345 e. The minimum absolute atomic E-state index is 0.383. The standard InChI is InChI=1S/C17H24N6/c1-13-11-19-16(20-13)15-5-4-10-23(15)12-14-6-7-18-17(21-14)22-8-2-3-9-22/h6-7,11,15H,2-5,8-10,12H2,1H3,(H,19,20)/t15-/m0/s1. The third-order valence-electron chi connectivity index (χ3n) is 4.86. The van der Waals surface area contributed by atoms with Crippen molar-refractivity contribution >= 4 is 5.95 Å². The first-order valence-electron chi connectivity index (χ1n) is 8.62. The SMILES string of the molecule is Cc1cnc([C@@H]2CCCN2Cc2ccnc(N3CCCC3)n2)[nH]1. The van der Waals surface area contributed by atoms with Crippen LogP contribution in [0.5, 0.6) is 0 Å². The molecule has 2 aliphatic heterocycles. The monoisotopic (exact) mass is 312 g/mol. The summed E-state index contributed by atoms with van der Waals surface area (Å²) in [5.41, 5.74) is 2.24. The number of anilines is 1. The summed E-state index contributed by atoms with van der Waals surface area (Å²) in [7, 11) is 0. The van der Waals surface area contributed by atoms with E-state index in [4.69, 9.17) is 4.98 Å². The van der Waals surface area contributed by atoms with Crippen LogP contribution in [0.2, 0.25) is 0 Å². The predicted molar refractivity (Wildman–Crippen MR) is 89.2 cm³/mol. The van der Waals surface area contributed by atoms with Gasteiger partial charge in [0.2, 0.25) is 5.95 Å². The zero-order chi connectivity index (χ0) is 15.6. The molecule has 0 aliphatic carbocycles. The first kappa shape index (κ1) is 14.6. The van der Waals surface area contributed by atoms with Crippen molar-refractivity contribution in [3.8, 4) is 0 Å². The van der Waals surface area contributed by atoms with Gasteiger partial charge in [0.15, 0.2) is 0 Å². The lowest BCUT2D eigenvalue weighted by molar-refractivity contribution is 0.238. The zero-order valence-corrected chi connectivity index (χ0v) is 13.7.